The SMILES string of the molecule is O=C(CCC1CCCCN1)OCC1CC1. The van der Waals surface area contributed by atoms with Crippen molar-refractivity contribution in [2.75, 3.05) is 13.2 Å². The van der Waals surface area contributed by atoms with Crippen molar-refractivity contribution in [1.82, 2.24) is 5.32 Å². The van der Waals surface area contributed by atoms with Crippen molar-refractivity contribution < 1.29 is 9.53 Å². The number of carbonyl (C=O) groups is 1. The fourth-order valence-electron chi connectivity index (χ4n) is 2.03. The van der Waals surface area contributed by atoms with E-state index < -0.39 is 0 Å². The second-order valence-corrected chi connectivity index (χ2v) is 4.81. The van der Waals surface area contributed by atoms with Crippen LogP contribution in [0.5, 0.6) is 0 Å². The largest absolute Gasteiger partial charge is 0.465 e. The average molecular weight is 211 g/mol. The summed E-state index contributed by atoms with van der Waals surface area (Å²) in [6.45, 7) is 1.78. The van der Waals surface area contributed by atoms with Crippen LogP contribution in [0.25, 0.3) is 0 Å². The predicted octanol–water partition coefficient (Wildman–Crippen LogP) is 1.86. The summed E-state index contributed by atoms with van der Waals surface area (Å²) >= 11 is 0. The Morgan fingerprint density at radius 2 is 2.13 bits per heavy atom. The molecule has 2 aliphatic rings. The molecule has 3 heteroatoms. The molecule has 2 fully saturated rings. The molecule has 1 saturated carbocycles. The third kappa shape index (κ3) is 4.20. The van der Waals surface area contributed by atoms with E-state index in [0.29, 0.717) is 25.0 Å². The van der Waals surface area contributed by atoms with Crippen molar-refractivity contribution in [3.8, 4) is 0 Å². The molecule has 0 bridgehead atoms. The molecule has 3 nitrogen and oxygen atoms in total. The number of nitrogens with one attached hydrogen (secondary N) is 1. The van der Waals surface area contributed by atoms with Gasteiger partial charge in [0.25, 0.3) is 0 Å². The van der Waals surface area contributed by atoms with Crippen LogP contribution in [-0.2, 0) is 9.53 Å². The molecule has 0 radical (unpaired) electrons. The molecule has 1 atom stereocenters. The number of esters is 1. The number of hydrogen-bond donors (Lipinski definition) is 1. The minimum absolute atomic E-state index is 0.00530. The highest BCUT2D eigenvalue weighted by Crippen LogP contribution is 2.28. The van der Waals surface area contributed by atoms with Gasteiger partial charge in [0.1, 0.15) is 0 Å². The van der Waals surface area contributed by atoms with Crippen molar-refractivity contribution in [2.45, 2.75) is 51.0 Å². The lowest BCUT2D eigenvalue weighted by Gasteiger charge is -2.22. The van der Waals surface area contributed by atoms with E-state index in [4.69, 9.17) is 4.74 Å². The molecule has 0 amide bonds. The molecule has 1 saturated heterocycles. The van der Waals surface area contributed by atoms with Crippen LogP contribution in [-0.4, -0.2) is 25.2 Å². The Bertz CT molecular complexity index is 208. The molecular weight excluding hydrogens is 190 g/mol. The zero-order chi connectivity index (χ0) is 10.5. The van der Waals surface area contributed by atoms with Crippen LogP contribution in [0, 0.1) is 5.92 Å². The second kappa shape index (κ2) is 5.50. The number of piperidine rings is 1. The summed E-state index contributed by atoms with van der Waals surface area (Å²) in [5, 5.41) is 3.44. The van der Waals surface area contributed by atoms with Crippen molar-refractivity contribution in [3.63, 3.8) is 0 Å². The first-order valence-corrected chi connectivity index (χ1v) is 6.23. The maximum atomic E-state index is 11.4. The lowest BCUT2D eigenvalue weighted by Crippen LogP contribution is -2.34. The predicted molar refractivity (Wildman–Crippen MR) is 58.6 cm³/mol. The van der Waals surface area contributed by atoms with E-state index in [2.05, 4.69) is 5.32 Å². The summed E-state index contributed by atoms with van der Waals surface area (Å²) in [5.41, 5.74) is 0. The van der Waals surface area contributed by atoms with Gasteiger partial charge in [0, 0.05) is 12.5 Å². The van der Waals surface area contributed by atoms with Crippen molar-refractivity contribution in [1.29, 1.82) is 0 Å². The molecule has 1 unspecified atom stereocenters. The first-order chi connectivity index (χ1) is 7.34. The van der Waals surface area contributed by atoms with Gasteiger partial charge in [-0.25, -0.2) is 0 Å². The quantitative estimate of drug-likeness (QED) is 0.705. The van der Waals surface area contributed by atoms with Gasteiger partial charge in [-0.3, -0.25) is 4.79 Å². The molecule has 1 aliphatic heterocycles. The van der Waals surface area contributed by atoms with Gasteiger partial charge < -0.3 is 10.1 Å². The van der Waals surface area contributed by atoms with Crippen molar-refractivity contribution >= 4 is 5.97 Å². The molecular formula is C12H21NO2. The first kappa shape index (κ1) is 10.9. The topological polar surface area (TPSA) is 38.3 Å². The van der Waals surface area contributed by atoms with E-state index in [1.807, 2.05) is 0 Å². The number of rotatable bonds is 5. The van der Waals surface area contributed by atoms with E-state index in [0.717, 1.165) is 13.0 Å². The summed E-state index contributed by atoms with van der Waals surface area (Å²) in [4.78, 5) is 11.4. The second-order valence-electron chi connectivity index (χ2n) is 4.81. The third-order valence-electron chi connectivity index (χ3n) is 3.29. The molecule has 1 aliphatic carbocycles. The molecule has 15 heavy (non-hydrogen) atoms. The maximum absolute atomic E-state index is 11.4. The lowest BCUT2D eigenvalue weighted by molar-refractivity contribution is -0.144. The Kier molecular flexibility index (Phi) is 4.01. The molecule has 1 heterocycles. The Hall–Kier alpha value is -0.570. The standard InChI is InChI=1S/C12H21NO2/c14-12(15-9-10-4-5-10)7-6-11-3-1-2-8-13-11/h10-11,13H,1-9H2. The lowest BCUT2D eigenvalue weighted by atomic mass is 10.0. The van der Waals surface area contributed by atoms with Crippen LogP contribution in [0.3, 0.4) is 0 Å². The maximum Gasteiger partial charge on any atom is 0.305 e. The molecule has 0 aromatic heterocycles. The van der Waals surface area contributed by atoms with Crippen LogP contribution in [0.1, 0.15) is 44.9 Å². The Labute approximate surface area is 91.6 Å². The molecule has 86 valence electrons. The van der Waals surface area contributed by atoms with Gasteiger partial charge in [-0.05, 0) is 44.6 Å². The van der Waals surface area contributed by atoms with E-state index in [1.54, 1.807) is 0 Å². The zero-order valence-electron chi connectivity index (χ0n) is 9.34. The van der Waals surface area contributed by atoms with Gasteiger partial charge in [-0.2, -0.15) is 0 Å². The number of hydrogen-bond acceptors (Lipinski definition) is 3. The summed E-state index contributed by atoms with van der Waals surface area (Å²) in [5.74, 6) is 0.677. The van der Waals surface area contributed by atoms with Gasteiger partial charge in [0.2, 0.25) is 0 Å². The minimum Gasteiger partial charge on any atom is -0.465 e. The Balaban J connectivity index is 1.53. The van der Waals surface area contributed by atoms with Crippen LogP contribution in [0.15, 0.2) is 0 Å². The van der Waals surface area contributed by atoms with Crippen LogP contribution < -0.4 is 5.32 Å². The molecule has 0 spiro atoms. The number of carbonyl (C=O) groups excluding carboxylic acids is 1. The van der Waals surface area contributed by atoms with Crippen molar-refractivity contribution in [3.05, 3.63) is 0 Å². The smallest absolute Gasteiger partial charge is 0.305 e. The Morgan fingerprint density at radius 1 is 1.27 bits per heavy atom. The normalized spacial score (nSPS) is 26.3. The van der Waals surface area contributed by atoms with Gasteiger partial charge in [-0.1, -0.05) is 6.42 Å². The van der Waals surface area contributed by atoms with Gasteiger partial charge in [-0.15, -0.1) is 0 Å². The zero-order valence-corrected chi connectivity index (χ0v) is 9.34. The minimum atomic E-state index is -0.00530. The van der Waals surface area contributed by atoms with E-state index >= 15 is 0 Å². The van der Waals surface area contributed by atoms with E-state index in [1.165, 1.54) is 32.1 Å². The van der Waals surface area contributed by atoms with Crippen molar-refractivity contribution in [2.24, 2.45) is 5.92 Å². The monoisotopic (exact) mass is 211 g/mol. The van der Waals surface area contributed by atoms with Gasteiger partial charge in [0.05, 0.1) is 6.61 Å². The summed E-state index contributed by atoms with van der Waals surface area (Å²) in [6, 6.07) is 0.548. The first-order valence-electron chi connectivity index (χ1n) is 6.23. The third-order valence-corrected chi connectivity index (χ3v) is 3.29. The highest BCUT2D eigenvalue weighted by Gasteiger charge is 2.23. The van der Waals surface area contributed by atoms with E-state index in [9.17, 15) is 4.79 Å². The summed E-state index contributed by atoms with van der Waals surface area (Å²) in [6.07, 6.45) is 7.83. The molecule has 0 aromatic carbocycles. The highest BCUT2D eigenvalue weighted by molar-refractivity contribution is 5.69. The summed E-state index contributed by atoms with van der Waals surface area (Å²) in [7, 11) is 0. The Morgan fingerprint density at radius 3 is 2.80 bits per heavy atom. The highest BCUT2D eigenvalue weighted by atomic mass is 16.5. The molecule has 1 N–H and O–H groups in total. The molecule has 2 rings (SSSR count). The van der Waals surface area contributed by atoms with Crippen LogP contribution >= 0.6 is 0 Å². The number of ether oxygens (including phenoxy) is 1. The van der Waals surface area contributed by atoms with E-state index in [-0.39, 0.29) is 5.97 Å². The van der Waals surface area contributed by atoms with Crippen LogP contribution in [0.2, 0.25) is 0 Å². The fraction of sp³-hybridized carbons (Fsp3) is 0.917. The van der Waals surface area contributed by atoms with Crippen LogP contribution in [0.4, 0.5) is 0 Å². The molecule has 0 aromatic rings. The summed E-state index contributed by atoms with van der Waals surface area (Å²) < 4.78 is 5.19. The average Bonchev–Trinajstić information content (AvgIpc) is 3.09. The fourth-order valence-corrected chi connectivity index (χ4v) is 2.03. The van der Waals surface area contributed by atoms with Gasteiger partial charge in [0.15, 0.2) is 0 Å². The van der Waals surface area contributed by atoms with Gasteiger partial charge >= 0.3 is 5.97 Å².